The van der Waals surface area contributed by atoms with Crippen molar-refractivity contribution in [3.63, 3.8) is 0 Å². The van der Waals surface area contributed by atoms with Gasteiger partial charge in [-0.25, -0.2) is 0 Å². The highest BCUT2D eigenvalue weighted by Crippen LogP contribution is 2.28. The molecule has 1 atom stereocenters. The summed E-state index contributed by atoms with van der Waals surface area (Å²) in [5, 5.41) is 2.90. The molecule has 0 saturated carbocycles. The number of amides is 2. The lowest BCUT2D eigenvalue weighted by atomic mass is 9.90. The van der Waals surface area contributed by atoms with Crippen LogP contribution in [-0.4, -0.2) is 24.3 Å². The second kappa shape index (κ2) is 7.84. The number of para-hydroxylation sites is 1. The maximum atomic E-state index is 12.2. The summed E-state index contributed by atoms with van der Waals surface area (Å²) >= 11 is 0. The van der Waals surface area contributed by atoms with Gasteiger partial charge in [0.05, 0.1) is 0 Å². The number of anilines is 2. The molecule has 2 aromatic carbocycles. The van der Waals surface area contributed by atoms with E-state index in [2.05, 4.69) is 5.32 Å². The molecule has 1 unspecified atom stereocenters. The van der Waals surface area contributed by atoms with Crippen molar-refractivity contribution in [1.82, 2.24) is 0 Å². The van der Waals surface area contributed by atoms with Crippen LogP contribution in [0, 0.1) is 5.92 Å². The molecular formula is C22H22N2O4. The molecule has 0 aromatic heterocycles. The van der Waals surface area contributed by atoms with Crippen LogP contribution in [0.25, 0.3) is 0 Å². The lowest BCUT2D eigenvalue weighted by Crippen LogP contribution is -2.30. The number of carbonyl (C=O) groups excluding carboxylic acids is 3. The summed E-state index contributed by atoms with van der Waals surface area (Å²) in [6.45, 7) is 0.727. The van der Waals surface area contributed by atoms with E-state index in [4.69, 9.17) is 4.74 Å². The zero-order chi connectivity index (χ0) is 19.5. The lowest BCUT2D eigenvalue weighted by Gasteiger charge is -2.24. The monoisotopic (exact) mass is 378 g/mol. The quantitative estimate of drug-likeness (QED) is 0.640. The molecule has 2 amide bonds. The fourth-order valence-electron chi connectivity index (χ4n) is 3.74. The molecule has 4 rings (SSSR count). The Labute approximate surface area is 163 Å². The Kier molecular flexibility index (Phi) is 5.10. The van der Waals surface area contributed by atoms with Crippen LogP contribution >= 0.6 is 0 Å². The van der Waals surface area contributed by atoms with E-state index in [-0.39, 0.29) is 30.1 Å². The maximum Gasteiger partial charge on any atom is 0.311 e. The zero-order valence-corrected chi connectivity index (χ0v) is 15.5. The SMILES string of the molecule is O=C(CCC1Cc2ccccc2NC1=O)Oc1ccc(N2CCCC2=O)cc1. The molecule has 1 N–H and O–H groups in total. The molecule has 28 heavy (non-hydrogen) atoms. The zero-order valence-electron chi connectivity index (χ0n) is 15.5. The average molecular weight is 378 g/mol. The molecule has 1 saturated heterocycles. The van der Waals surface area contributed by atoms with Crippen molar-refractivity contribution < 1.29 is 19.1 Å². The van der Waals surface area contributed by atoms with Gasteiger partial charge < -0.3 is 15.0 Å². The molecule has 6 heteroatoms. The molecule has 0 spiro atoms. The number of hydrogen-bond acceptors (Lipinski definition) is 4. The summed E-state index contributed by atoms with van der Waals surface area (Å²) < 4.78 is 5.38. The first kappa shape index (κ1) is 18.2. The molecule has 0 aliphatic carbocycles. The van der Waals surface area contributed by atoms with Gasteiger partial charge in [-0.15, -0.1) is 0 Å². The summed E-state index contributed by atoms with van der Waals surface area (Å²) in [7, 11) is 0. The average Bonchev–Trinajstić information content (AvgIpc) is 3.13. The van der Waals surface area contributed by atoms with Crippen LogP contribution < -0.4 is 15.0 Å². The van der Waals surface area contributed by atoms with Gasteiger partial charge in [0.15, 0.2) is 0 Å². The van der Waals surface area contributed by atoms with Gasteiger partial charge in [-0.05, 0) is 55.2 Å². The maximum absolute atomic E-state index is 12.2. The Bertz CT molecular complexity index is 907. The third-order valence-corrected chi connectivity index (χ3v) is 5.26. The normalized spacial score (nSPS) is 18.6. The van der Waals surface area contributed by atoms with E-state index in [1.165, 1.54) is 0 Å². The van der Waals surface area contributed by atoms with Crippen molar-refractivity contribution in [3.8, 4) is 5.75 Å². The lowest BCUT2D eigenvalue weighted by molar-refractivity contribution is -0.135. The van der Waals surface area contributed by atoms with Crippen molar-refractivity contribution in [1.29, 1.82) is 0 Å². The Morgan fingerprint density at radius 3 is 2.64 bits per heavy atom. The topological polar surface area (TPSA) is 75.7 Å². The van der Waals surface area contributed by atoms with Crippen molar-refractivity contribution in [2.45, 2.75) is 32.1 Å². The molecule has 0 radical (unpaired) electrons. The smallest absolute Gasteiger partial charge is 0.311 e. The van der Waals surface area contributed by atoms with Gasteiger partial charge in [-0.2, -0.15) is 0 Å². The number of fused-ring (bicyclic) bond motifs is 1. The molecule has 2 aliphatic rings. The van der Waals surface area contributed by atoms with Crippen LogP contribution in [0.1, 0.15) is 31.2 Å². The molecule has 1 fully saturated rings. The van der Waals surface area contributed by atoms with E-state index >= 15 is 0 Å². The number of rotatable bonds is 5. The first-order valence-corrected chi connectivity index (χ1v) is 9.60. The highest BCUT2D eigenvalue weighted by molar-refractivity contribution is 5.96. The molecule has 2 aliphatic heterocycles. The van der Waals surface area contributed by atoms with Gasteiger partial charge in [0.2, 0.25) is 11.8 Å². The van der Waals surface area contributed by atoms with Crippen molar-refractivity contribution in [2.24, 2.45) is 5.92 Å². The Hall–Kier alpha value is -3.15. The summed E-state index contributed by atoms with van der Waals surface area (Å²) in [6.07, 6.45) is 2.70. The summed E-state index contributed by atoms with van der Waals surface area (Å²) in [4.78, 5) is 37.9. The highest BCUT2D eigenvalue weighted by atomic mass is 16.5. The van der Waals surface area contributed by atoms with Crippen molar-refractivity contribution in [3.05, 3.63) is 54.1 Å². The summed E-state index contributed by atoms with van der Waals surface area (Å²) in [6, 6.07) is 14.7. The largest absolute Gasteiger partial charge is 0.427 e. The third kappa shape index (κ3) is 3.91. The van der Waals surface area contributed by atoms with Gasteiger partial charge in [0.25, 0.3) is 0 Å². The van der Waals surface area contributed by atoms with Crippen molar-refractivity contribution >= 4 is 29.2 Å². The van der Waals surface area contributed by atoms with E-state index in [1.54, 1.807) is 29.2 Å². The number of carbonyl (C=O) groups is 3. The second-order valence-corrected chi connectivity index (χ2v) is 7.20. The Balaban J connectivity index is 1.30. The van der Waals surface area contributed by atoms with Gasteiger partial charge in [-0.1, -0.05) is 18.2 Å². The molecule has 0 bridgehead atoms. The predicted molar refractivity (Wildman–Crippen MR) is 105 cm³/mol. The minimum atomic E-state index is -0.364. The number of nitrogens with one attached hydrogen (secondary N) is 1. The van der Waals surface area contributed by atoms with Crippen LogP contribution in [0.2, 0.25) is 0 Å². The van der Waals surface area contributed by atoms with Gasteiger partial charge >= 0.3 is 5.97 Å². The fourth-order valence-corrected chi connectivity index (χ4v) is 3.74. The molecule has 144 valence electrons. The minimum Gasteiger partial charge on any atom is -0.427 e. The second-order valence-electron chi connectivity index (χ2n) is 7.20. The van der Waals surface area contributed by atoms with Crippen LogP contribution in [0.4, 0.5) is 11.4 Å². The number of hydrogen-bond donors (Lipinski definition) is 1. The predicted octanol–water partition coefficient (Wildman–Crippen LogP) is 3.31. The summed E-state index contributed by atoms with van der Waals surface area (Å²) in [5.41, 5.74) is 2.76. The molecular weight excluding hydrogens is 356 g/mol. The van der Waals surface area contributed by atoms with E-state index in [9.17, 15) is 14.4 Å². The van der Waals surface area contributed by atoms with E-state index in [1.807, 2.05) is 24.3 Å². The van der Waals surface area contributed by atoms with E-state index in [0.29, 0.717) is 25.0 Å². The van der Waals surface area contributed by atoms with Crippen LogP contribution in [0.5, 0.6) is 5.75 Å². The molecule has 6 nitrogen and oxygen atoms in total. The van der Waals surface area contributed by atoms with Gasteiger partial charge in [0, 0.05) is 36.7 Å². The first-order chi connectivity index (χ1) is 13.6. The number of benzene rings is 2. The van der Waals surface area contributed by atoms with Gasteiger partial charge in [0.1, 0.15) is 5.75 Å². The number of ether oxygens (including phenoxy) is 1. The standard InChI is InChI=1S/C22H22N2O4/c25-20-6-3-13-24(20)17-8-10-18(11-9-17)28-21(26)12-7-16-14-15-4-1-2-5-19(15)23-22(16)27/h1-2,4-5,8-11,16H,3,6-7,12-14H2,(H,23,27). The number of esters is 1. The van der Waals surface area contributed by atoms with Gasteiger partial charge in [-0.3, -0.25) is 14.4 Å². The minimum absolute atomic E-state index is 0.0499. The summed E-state index contributed by atoms with van der Waals surface area (Å²) in [5.74, 6) is -0.0790. The van der Waals surface area contributed by atoms with E-state index < -0.39 is 0 Å². The Morgan fingerprint density at radius 2 is 1.89 bits per heavy atom. The fraction of sp³-hybridized carbons (Fsp3) is 0.318. The molecule has 2 heterocycles. The highest BCUT2D eigenvalue weighted by Gasteiger charge is 2.26. The van der Waals surface area contributed by atoms with Crippen molar-refractivity contribution in [2.75, 3.05) is 16.8 Å². The number of nitrogens with zero attached hydrogens (tertiary/aromatic N) is 1. The van der Waals surface area contributed by atoms with E-state index in [0.717, 1.165) is 29.9 Å². The third-order valence-electron chi connectivity index (χ3n) is 5.26. The van der Waals surface area contributed by atoms with Crippen LogP contribution in [0.3, 0.4) is 0 Å². The molecule has 2 aromatic rings. The first-order valence-electron chi connectivity index (χ1n) is 9.60. The van der Waals surface area contributed by atoms with Crippen LogP contribution in [-0.2, 0) is 20.8 Å². The van der Waals surface area contributed by atoms with Crippen LogP contribution in [0.15, 0.2) is 48.5 Å². The Morgan fingerprint density at radius 1 is 1.11 bits per heavy atom.